The maximum Gasteiger partial charge on any atom is 0.253 e. The largest absolute Gasteiger partial charge is 0.335 e. The van der Waals surface area contributed by atoms with Gasteiger partial charge in [0, 0.05) is 50.4 Å². The van der Waals surface area contributed by atoms with Gasteiger partial charge in [0.15, 0.2) is 0 Å². The second kappa shape index (κ2) is 10.2. The number of carbonyl (C=O) groups excluding carboxylic acids is 2. The summed E-state index contributed by atoms with van der Waals surface area (Å²) in [5.41, 5.74) is 0.828. The molecule has 1 aliphatic carbocycles. The van der Waals surface area contributed by atoms with E-state index in [2.05, 4.69) is 0 Å². The van der Waals surface area contributed by atoms with Gasteiger partial charge in [-0.25, -0.2) is 12.8 Å². The standard InChI is InChI=1S/C25H30FN3O4S/c1-27(22-5-3-2-4-6-22)34(32,33)23-13-9-20(10-14-23)25(31)29-17-15-28(16-18-29)24(30)19-7-11-21(26)12-8-19/h7-14,22H,2-6,15-18H2,1H3. The summed E-state index contributed by atoms with van der Waals surface area (Å²) in [6, 6.07) is 11.5. The highest BCUT2D eigenvalue weighted by atomic mass is 32.2. The first-order valence-electron chi connectivity index (χ1n) is 11.7. The summed E-state index contributed by atoms with van der Waals surface area (Å²) in [5, 5.41) is 0. The van der Waals surface area contributed by atoms with Crippen molar-refractivity contribution < 1.29 is 22.4 Å². The van der Waals surface area contributed by atoms with E-state index in [1.807, 2.05) is 0 Å². The predicted molar refractivity (Wildman–Crippen MR) is 126 cm³/mol. The van der Waals surface area contributed by atoms with E-state index in [0.717, 1.165) is 32.1 Å². The number of piperazine rings is 1. The van der Waals surface area contributed by atoms with E-state index < -0.39 is 15.8 Å². The van der Waals surface area contributed by atoms with Crippen LogP contribution in [0.15, 0.2) is 53.4 Å². The molecule has 4 rings (SSSR count). The quantitative estimate of drug-likeness (QED) is 0.648. The third-order valence-electron chi connectivity index (χ3n) is 6.81. The Morgan fingerprint density at radius 1 is 0.794 bits per heavy atom. The lowest BCUT2D eigenvalue weighted by molar-refractivity contribution is 0.0535. The molecule has 1 saturated carbocycles. The molecule has 0 atom stereocenters. The number of hydrogen-bond acceptors (Lipinski definition) is 4. The summed E-state index contributed by atoms with van der Waals surface area (Å²) in [6.07, 6.45) is 4.99. The van der Waals surface area contributed by atoms with E-state index >= 15 is 0 Å². The second-order valence-electron chi connectivity index (χ2n) is 8.93. The highest BCUT2D eigenvalue weighted by molar-refractivity contribution is 7.89. The molecule has 1 aliphatic heterocycles. The van der Waals surface area contributed by atoms with Crippen molar-refractivity contribution in [1.82, 2.24) is 14.1 Å². The first-order valence-corrected chi connectivity index (χ1v) is 13.1. The van der Waals surface area contributed by atoms with Gasteiger partial charge in [-0.1, -0.05) is 19.3 Å². The van der Waals surface area contributed by atoms with Crippen molar-refractivity contribution in [2.45, 2.75) is 43.0 Å². The average molecular weight is 488 g/mol. The number of sulfonamides is 1. The lowest BCUT2D eigenvalue weighted by Crippen LogP contribution is -2.50. The van der Waals surface area contributed by atoms with Gasteiger partial charge in [0.05, 0.1) is 4.90 Å². The minimum atomic E-state index is -3.61. The lowest BCUT2D eigenvalue weighted by atomic mass is 9.96. The van der Waals surface area contributed by atoms with E-state index in [0.29, 0.717) is 37.3 Å². The highest BCUT2D eigenvalue weighted by Crippen LogP contribution is 2.26. The second-order valence-corrected chi connectivity index (χ2v) is 10.9. The predicted octanol–water partition coefficient (Wildman–Crippen LogP) is 3.38. The molecular weight excluding hydrogens is 457 g/mol. The van der Waals surface area contributed by atoms with Gasteiger partial charge in [-0.05, 0) is 61.4 Å². The maximum atomic E-state index is 13.1. The molecule has 0 bridgehead atoms. The fourth-order valence-corrected chi connectivity index (χ4v) is 6.06. The topological polar surface area (TPSA) is 78.0 Å². The van der Waals surface area contributed by atoms with Gasteiger partial charge in [0.1, 0.15) is 5.82 Å². The maximum absolute atomic E-state index is 13.1. The number of benzene rings is 2. The molecule has 0 aromatic heterocycles. The zero-order valence-corrected chi connectivity index (χ0v) is 20.1. The Hall–Kier alpha value is -2.78. The molecule has 0 N–H and O–H groups in total. The molecule has 2 fully saturated rings. The van der Waals surface area contributed by atoms with Crippen LogP contribution in [0.4, 0.5) is 4.39 Å². The van der Waals surface area contributed by atoms with Crippen LogP contribution in [-0.4, -0.2) is 73.6 Å². The molecule has 1 saturated heterocycles. The fourth-order valence-electron chi connectivity index (χ4n) is 4.65. The molecule has 0 radical (unpaired) electrons. The van der Waals surface area contributed by atoms with Crippen molar-refractivity contribution >= 4 is 21.8 Å². The fraction of sp³-hybridized carbons (Fsp3) is 0.440. The molecule has 0 unspecified atom stereocenters. The molecule has 1 heterocycles. The number of rotatable bonds is 5. The molecule has 34 heavy (non-hydrogen) atoms. The SMILES string of the molecule is CN(C1CCCCC1)S(=O)(=O)c1ccc(C(=O)N2CCN(C(=O)c3ccc(F)cc3)CC2)cc1. The van der Waals surface area contributed by atoms with Crippen molar-refractivity contribution in [1.29, 1.82) is 0 Å². The average Bonchev–Trinajstić information content (AvgIpc) is 2.88. The molecule has 0 spiro atoms. The summed E-state index contributed by atoms with van der Waals surface area (Å²) < 4.78 is 40.6. The number of hydrogen-bond donors (Lipinski definition) is 0. The number of nitrogens with zero attached hydrogens (tertiary/aromatic N) is 3. The van der Waals surface area contributed by atoms with Crippen molar-refractivity contribution in [2.24, 2.45) is 0 Å². The van der Waals surface area contributed by atoms with Gasteiger partial charge in [-0.2, -0.15) is 4.31 Å². The molecule has 2 aromatic rings. The normalized spacial score (nSPS) is 17.7. The Morgan fingerprint density at radius 3 is 1.71 bits per heavy atom. The van der Waals surface area contributed by atoms with Crippen LogP contribution in [0.1, 0.15) is 52.8 Å². The van der Waals surface area contributed by atoms with Gasteiger partial charge in [-0.3, -0.25) is 9.59 Å². The Morgan fingerprint density at radius 2 is 1.24 bits per heavy atom. The summed E-state index contributed by atoms with van der Waals surface area (Å²) in [7, 11) is -1.98. The number of halogens is 1. The van der Waals surface area contributed by atoms with Crippen LogP contribution in [0.2, 0.25) is 0 Å². The van der Waals surface area contributed by atoms with Gasteiger partial charge in [0.2, 0.25) is 10.0 Å². The van der Waals surface area contributed by atoms with Crippen molar-refractivity contribution in [2.75, 3.05) is 33.2 Å². The summed E-state index contributed by atoms with van der Waals surface area (Å²) >= 11 is 0. The zero-order chi connectivity index (χ0) is 24.3. The summed E-state index contributed by atoms with van der Waals surface area (Å²) in [6.45, 7) is 1.49. The van der Waals surface area contributed by atoms with Crippen LogP contribution >= 0.6 is 0 Å². The zero-order valence-electron chi connectivity index (χ0n) is 19.3. The van der Waals surface area contributed by atoms with Crippen molar-refractivity contribution in [3.63, 3.8) is 0 Å². The summed E-state index contributed by atoms with van der Waals surface area (Å²) in [5.74, 6) is -0.784. The molecule has 2 aliphatic rings. The van der Waals surface area contributed by atoms with E-state index in [1.54, 1.807) is 29.0 Å². The highest BCUT2D eigenvalue weighted by Gasteiger charge is 2.30. The molecule has 9 heteroatoms. The van der Waals surface area contributed by atoms with Gasteiger partial charge in [-0.15, -0.1) is 0 Å². The first kappa shape index (κ1) is 24.3. The van der Waals surface area contributed by atoms with Gasteiger partial charge >= 0.3 is 0 Å². The molecule has 7 nitrogen and oxygen atoms in total. The van der Waals surface area contributed by atoms with Crippen LogP contribution in [-0.2, 0) is 10.0 Å². The number of amides is 2. The van der Waals surface area contributed by atoms with E-state index in [-0.39, 0.29) is 22.8 Å². The minimum absolute atomic E-state index is 0.0222. The number of carbonyl (C=O) groups is 2. The minimum Gasteiger partial charge on any atom is -0.335 e. The Kier molecular flexibility index (Phi) is 7.33. The van der Waals surface area contributed by atoms with Crippen LogP contribution in [0.5, 0.6) is 0 Å². The molecule has 2 aromatic carbocycles. The Labute approximate surface area is 200 Å². The van der Waals surface area contributed by atoms with Gasteiger partial charge < -0.3 is 9.80 Å². The molecule has 182 valence electrons. The lowest BCUT2D eigenvalue weighted by Gasteiger charge is -2.35. The Bertz CT molecular complexity index is 1120. The van der Waals surface area contributed by atoms with Crippen LogP contribution in [0, 0.1) is 5.82 Å². The van der Waals surface area contributed by atoms with Crippen LogP contribution in [0.3, 0.4) is 0 Å². The molecule has 2 amide bonds. The van der Waals surface area contributed by atoms with E-state index in [9.17, 15) is 22.4 Å². The van der Waals surface area contributed by atoms with Crippen molar-refractivity contribution in [3.8, 4) is 0 Å². The molecular formula is C25H30FN3O4S. The van der Waals surface area contributed by atoms with Crippen LogP contribution in [0.25, 0.3) is 0 Å². The monoisotopic (exact) mass is 487 g/mol. The van der Waals surface area contributed by atoms with Crippen molar-refractivity contribution in [3.05, 3.63) is 65.5 Å². The van der Waals surface area contributed by atoms with Crippen LogP contribution < -0.4 is 0 Å². The van der Waals surface area contributed by atoms with E-state index in [1.165, 1.54) is 40.7 Å². The third-order valence-corrected chi connectivity index (χ3v) is 8.74. The smallest absolute Gasteiger partial charge is 0.253 e. The first-order chi connectivity index (χ1) is 16.3. The Balaban J connectivity index is 1.36. The summed E-state index contributed by atoms with van der Waals surface area (Å²) in [4.78, 5) is 29.0. The third kappa shape index (κ3) is 5.15. The van der Waals surface area contributed by atoms with Gasteiger partial charge in [0.25, 0.3) is 11.8 Å². The van der Waals surface area contributed by atoms with E-state index in [4.69, 9.17) is 0 Å².